The SMILES string of the molecule is N=NC(C=Cc1ccccc1)c1nc(-c2ccccc2)c(-c2ccc(Cl)cc2)s1. The first-order chi connectivity index (χ1) is 14.2. The highest BCUT2D eigenvalue weighted by atomic mass is 35.5. The van der Waals surface area contributed by atoms with Crippen molar-refractivity contribution in [3.8, 4) is 21.7 Å². The molecule has 1 unspecified atom stereocenters. The van der Waals surface area contributed by atoms with Gasteiger partial charge in [0.2, 0.25) is 0 Å². The standard InChI is InChI=1S/C24H18ClN3S/c25-20-14-12-19(13-15-20)23-22(18-9-5-2-6-10-18)27-24(29-23)21(28-26)16-11-17-7-3-1-4-8-17/h1-16,21,26H. The molecule has 0 radical (unpaired) electrons. The second-order valence-corrected chi connectivity index (χ2v) is 7.91. The van der Waals surface area contributed by atoms with Gasteiger partial charge in [-0.1, -0.05) is 96.5 Å². The van der Waals surface area contributed by atoms with Crippen molar-refractivity contribution in [2.24, 2.45) is 5.11 Å². The number of halogens is 1. The van der Waals surface area contributed by atoms with Crippen LogP contribution in [-0.4, -0.2) is 4.98 Å². The van der Waals surface area contributed by atoms with E-state index in [0.717, 1.165) is 32.3 Å². The van der Waals surface area contributed by atoms with Crippen LogP contribution < -0.4 is 0 Å². The van der Waals surface area contributed by atoms with E-state index < -0.39 is 6.04 Å². The zero-order chi connectivity index (χ0) is 20.1. The van der Waals surface area contributed by atoms with Crippen LogP contribution in [-0.2, 0) is 0 Å². The van der Waals surface area contributed by atoms with Crippen LogP contribution in [0.15, 0.2) is 96.1 Å². The molecule has 0 amide bonds. The Hall–Kier alpha value is -3.08. The Labute approximate surface area is 178 Å². The van der Waals surface area contributed by atoms with E-state index in [2.05, 4.69) is 5.11 Å². The van der Waals surface area contributed by atoms with Gasteiger partial charge in [0.05, 0.1) is 10.6 Å². The highest BCUT2D eigenvalue weighted by Crippen LogP contribution is 2.40. The summed E-state index contributed by atoms with van der Waals surface area (Å²) in [5.41, 5.74) is 11.8. The van der Waals surface area contributed by atoms with Crippen molar-refractivity contribution in [1.82, 2.24) is 4.98 Å². The van der Waals surface area contributed by atoms with Crippen molar-refractivity contribution in [1.29, 1.82) is 5.53 Å². The van der Waals surface area contributed by atoms with Crippen molar-refractivity contribution in [3.63, 3.8) is 0 Å². The quantitative estimate of drug-likeness (QED) is 0.319. The molecule has 0 aliphatic heterocycles. The summed E-state index contributed by atoms with van der Waals surface area (Å²) >= 11 is 7.63. The molecule has 29 heavy (non-hydrogen) atoms. The van der Waals surface area contributed by atoms with Crippen LogP contribution in [0.1, 0.15) is 16.6 Å². The molecule has 4 aromatic rings. The monoisotopic (exact) mass is 415 g/mol. The van der Waals surface area contributed by atoms with E-state index in [-0.39, 0.29) is 0 Å². The number of benzene rings is 3. The molecule has 5 heteroatoms. The van der Waals surface area contributed by atoms with Gasteiger partial charge in [-0.05, 0) is 23.3 Å². The van der Waals surface area contributed by atoms with Crippen molar-refractivity contribution < 1.29 is 0 Å². The Morgan fingerprint density at radius 3 is 2.17 bits per heavy atom. The van der Waals surface area contributed by atoms with Gasteiger partial charge < -0.3 is 0 Å². The summed E-state index contributed by atoms with van der Waals surface area (Å²) in [6.45, 7) is 0. The molecule has 1 N–H and O–H groups in total. The maximum Gasteiger partial charge on any atom is 0.140 e. The van der Waals surface area contributed by atoms with Gasteiger partial charge in [-0.3, -0.25) is 0 Å². The average Bonchev–Trinajstić information content (AvgIpc) is 3.21. The van der Waals surface area contributed by atoms with Crippen LogP contribution in [0.5, 0.6) is 0 Å². The summed E-state index contributed by atoms with van der Waals surface area (Å²) in [4.78, 5) is 5.93. The first-order valence-corrected chi connectivity index (χ1v) is 10.4. The number of hydrogen-bond donors (Lipinski definition) is 1. The average molecular weight is 416 g/mol. The summed E-state index contributed by atoms with van der Waals surface area (Å²) in [6.07, 6.45) is 3.90. The molecule has 3 aromatic carbocycles. The van der Waals surface area contributed by atoms with Crippen LogP contribution in [0.4, 0.5) is 0 Å². The van der Waals surface area contributed by atoms with E-state index in [4.69, 9.17) is 22.1 Å². The van der Waals surface area contributed by atoms with Gasteiger partial charge in [-0.15, -0.1) is 11.3 Å². The molecule has 4 rings (SSSR count). The van der Waals surface area contributed by atoms with E-state index >= 15 is 0 Å². The fourth-order valence-electron chi connectivity index (χ4n) is 3.00. The molecule has 0 aliphatic rings. The Balaban J connectivity index is 1.76. The lowest BCUT2D eigenvalue weighted by atomic mass is 10.1. The van der Waals surface area contributed by atoms with E-state index in [9.17, 15) is 0 Å². The van der Waals surface area contributed by atoms with Crippen LogP contribution in [0, 0.1) is 5.53 Å². The predicted molar refractivity (Wildman–Crippen MR) is 121 cm³/mol. The first-order valence-electron chi connectivity index (χ1n) is 9.16. The lowest BCUT2D eigenvalue weighted by Gasteiger charge is -2.02. The number of aromatic nitrogens is 1. The smallest absolute Gasteiger partial charge is 0.140 e. The molecule has 3 nitrogen and oxygen atoms in total. The minimum absolute atomic E-state index is 0.427. The molecular weight excluding hydrogens is 398 g/mol. The Bertz CT molecular complexity index is 1120. The number of hydrogen-bond acceptors (Lipinski definition) is 4. The van der Waals surface area contributed by atoms with E-state index in [0.29, 0.717) is 5.02 Å². The number of thiazole rings is 1. The van der Waals surface area contributed by atoms with E-state index in [1.165, 1.54) is 0 Å². The second-order valence-electron chi connectivity index (χ2n) is 6.45. The molecule has 0 saturated carbocycles. The molecule has 142 valence electrons. The van der Waals surface area contributed by atoms with Crippen LogP contribution >= 0.6 is 22.9 Å². The lowest BCUT2D eigenvalue weighted by molar-refractivity contribution is 0.797. The topological polar surface area (TPSA) is 49.1 Å². The Kier molecular flexibility index (Phi) is 5.94. The third kappa shape index (κ3) is 4.50. The van der Waals surface area contributed by atoms with Crippen LogP contribution in [0.25, 0.3) is 27.8 Å². The summed E-state index contributed by atoms with van der Waals surface area (Å²) < 4.78 is 0. The fraction of sp³-hybridized carbons (Fsp3) is 0.0417. The summed E-state index contributed by atoms with van der Waals surface area (Å²) in [7, 11) is 0. The minimum Gasteiger partial charge on any atom is -0.238 e. The summed E-state index contributed by atoms with van der Waals surface area (Å²) in [6, 6.07) is 27.4. The highest BCUT2D eigenvalue weighted by molar-refractivity contribution is 7.15. The molecule has 0 bridgehead atoms. The maximum atomic E-state index is 7.70. The number of rotatable bonds is 6. The van der Waals surface area contributed by atoms with E-state index in [1.807, 2.05) is 97.1 Å². The molecular formula is C24H18ClN3S. The van der Waals surface area contributed by atoms with Gasteiger partial charge in [0.25, 0.3) is 0 Å². The van der Waals surface area contributed by atoms with Gasteiger partial charge in [-0.25, -0.2) is 10.5 Å². The zero-order valence-corrected chi connectivity index (χ0v) is 17.1. The van der Waals surface area contributed by atoms with Crippen molar-refractivity contribution in [2.75, 3.05) is 0 Å². The normalized spacial score (nSPS) is 12.2. The van der Waals surface area contributed by atoms with Crippen molar-refractivity contribution in [2.45, 2.75) is 6.04 Å². The van der Waals surface area contributed by atoms with Crippen molar-refractivity contribution >= 4 is 29.0 Å². The predicted octanol–water partition coefficient (Wildman–Crippen LogP) is 7.92. The zero-order valence-electron chi connectivity index (χ0n) is 15.5. The van der Waals surface area contributed by atoms with Gasteiger partial charge in [0, 0.05) is 10.6 Å². The third-order valence-corrected chi connectivity index (χ3v) is 5.89. The van der Waals surface area contributed by atoms with Crippen LogP contribution in [0.3, 0.4) is 0 Å². The van der Waals surface area contributed by atoms with Gasteiger partial charge in [-0.2, -0.15) is 5.11 Å². The Morgan fingerprint density at radius 2 is 1.52 bits per heavy atom. The first kappa shape index (κ1) is 19.2. The minimum atomic E-state index is -0.427. The van der Waals surface area contributed by atoms with Crippen LogP contribution in [0.2, 0.25) is 5.02 Å². The molecule has 1 heterocycles. The van der Waals surface area contributed by atoms with Gasteiger partial charge in [0.1, 0.15) is 11.0 Å². The van der Waals surface area contributed by atoms with Gasteiger partial charge in [0.15, 0.2) is 0 Å². The molecule has 0 fully saturated rings. The maximum absolute atomic E-state index is 7.70. The number of nitrogens with one attached hydrogen (secondary N) is 1. The highest BCUT2D eigenvalue weighted by Gasteiger charge is 2.19. The molecule has 0 spiro atoms. The van der Waals surface area contributed by atoms with Crippen molar-refractivity contribution in [3.05, 3.63) is 107 Å². The summed E-state index contributed by atoms with van der Waals surface area (Å²) in [5, 5.41) is 5.31. The van der Waals surface area contributed by atoms with Gasteiger partial charge >= 0.3 is 0 Å². The number of nitrogens with zero attached hydrogens (tertiary/aromatic N) is 2. The van der Waals surface area contributed by atoms with E-state index in [1.54, 1.807) is 11.3 Å². The molecule has 0 saturated heterocycles. The Morgan fingerprint density at radius 1 is 0.862 bits per heavy atom. The molecule has 0 aliphatic carbocycles. The molecule has 1 aromatic heterocycles. The largest absolute Gasteiger partial charge is 0.238 e. The fourth-order valence-corrected chi connectivity index (χ4v) is 4.24. The third-order valence-electron chi connectivity index (χ3n) is 4.46. The second kappa shape index (κ2) is 8.95. The molecule has 1 atom stereocenters. The lowest BCUT2D eigenvalue weighted by Crippen LogP contribution is -1.90. The summed E-state index contributed by atoms with van der Waals surface area (Å²) in [5.74, 6) is 0.